The van der Waals surface area contributed by atoms with Crippen LogP contribution in [0.2, 0.25) is 0 Å². The van der Waals surface area contributed by atoms with Crippen LogP contribution in [0.5, 0.6) is 0 Å². The van der Waals surface area contributed by atoms with Crippen LogP contribution in [0.4, 0.5) is 0 Å². The maximum atomic E-state index is 8.89. The lowest BCUT2D eigenvalue weighted by Crippen LogP contribution is -1.95. The first-order chi connectivity index (χ1) is 10.8. The van der Waals surface area contributed by atoms with Crippen molar-refractivity contribution in [3.05, 3.63) is 95.4 Å². The van der Waals surface area contributed by atoms with E-state index in [0.717, 1.165) is 5.56 Å². The molecule has 0 saturated carbocycles. The van der Waals surface area contributed by atoms with E-state index in [0.29, 0.717) is 5.56 Å². The molecule has 0 fully saturated rings. The molecule has 2 nitrogen and oxygen atoms in total. The van der Waals surface area contributed by atoms with E-state index in [1.165, 1.54) is 11.1 Å². The lowest BCUT2D eigenvalue weighted by atomic mass is 9.95. The van der Waals surface area contributed by atoms with Crippen LogP contribution in [0.15, 0.2) is 72.8 Å². The molecular formula is C20H13N2. The normalized spacial score (nSPS) is 16.1. The van der Waals surface area contributed by atoms with Gasteiger partial charge in [-0.2, -0.15) is 10.5 Å². The lowest BCUT2D eigenvalue weighted by Gasteiger charge is -2.07. The molecule has 0 spiro atoms. The number of allylic oxidation sites excluding steroid dienone is 4. The summed E-state index contributed by atoms with van der Waals surface area (Å²) in [6.07, 6.45) is 6.52. The van der Waals surface area contributed by atoms with Crippen LogP contribution < -0.4 is 0 Å². The van der Waals surface area contributed by atoms with E-state index in [1.807, 2.05) is 54.6 Å². The molecule has 1 radical (unpaired) electrons. The summed E-state index contributed by atoms with van der Waals surface area (Å²) in [4.78, 5) is 0. The molecule has 1 aliphatic rings. The topological polar surface area (TPSA) is 47.6 Å². The predicted octanol–water partition coefficient (Wildman–Crippen LogP) is 4.39. The Morgan fingerprint density at radius 2 is 1.55 bits per heavy atom. The second kappa shape index (κ2) is 6.12. The van der Waals surface area contributed by atoms with Gasteiger partial charge in [-0.3, -0.25) is 0 Å². The van der Waals surface area contributed by atoms with Gasteiger partial charge in [-0.25, -0.2) is 0 Å². The summed E-state index contributed by atoms with van der Waals surface area (Å²) in [7, 11) is 0. The highest BCUT2D eigenvalue weighted by Crippen LogP contribution is 2.32. The molecule has 0 amide bonds. The van der Waals surface area contributed by atoms with Crippen molar-refractivity contribution >= 4 is 5.57 Å². The first-order valence-corrected chi connectivity index (χ1v) is 7.05. The van der Waals surface area contributed by atoms with Crippen molar-refractivity contribution in [2.75, 3.05) is 0 Å². The Kier molecular flexibility index (Phi) is 3.86. The molecule has 2 aromatic carbocycles. The highest BCUT2D eigenvalue weighted by Gasteiger charge is 2.15. The minimum atomic E-state index is 0.147. The third-order valence-corrected chi connectivity index (χ3v) is 3.76. The van der Waals surface area contributed by atoms with Crippen molar-refractivity contribution in [3.8, 4) is 12.1 Å². The molecule has 1 aliphatic carbocycles. The van der Waals surface area contributed by atoms with Gasteiger partial charge in [-0.1, -0.05) is 72.8 Å². The van der Waals surface area contributed by atoms with Crippen molar-refractivity contribution in [1.82, 2.24) is 0 Å². The molecule has 2 heteroatoms. The second-order valence-corrected chi connectivity index (χ2v) is 5.09. The number of nitriles is 2. The van der Waals surface area contributed by atoms with E-state index in [-0.39, 0.29) is 11.8 Å². The van der Waals surface area contributed by atoms with E-state index in [4.69, 9.17) is 10.5 Å². The van der Waals surface area contributed by atoms with E-state index in [1.54, 1.807) is 0 Å². The number of rotatable bonds is 3. The molecule has 3 rings (SSSR count). The van der Waals surface area contributed by atoms with Gasteiger partial charge in [0.05, 0.1) is 12.1 Å². The summed E-state index contributed by atoms with van der Waals surface area (Å²) in [5.41, 5.74) is 4.25. The minimum Gasteiger partial charge on any atom is -0.196 e. The highest BCUT2D eigenvalue weighted by molar-refractivity contribution is 5.78. The van der Waals surface area contributed by atoms with Gasteiger partial charge < -0.3 is 0 Å². The Hall–Kier alpha value is -3.10. The first-order valence-electron chi connectivity index (χ1n) is 7.05. The quantitative estimate of drug-likeness (QED) is 0.837. The molecule has 1 unspecified atom stereocenters. The van der Waals surface area contributed by atoms with E-state index in [2.05, 4.69) is 30.4 Å². The summed E-state index contributed by atoms with van der Waals surface area (Å²) < 4.78 is 0. The Bertz CT molecular complexity index is 786. The average molecular weight is 281 g/mol. The van der Waals surface area contributed by atoms with Gasteiger partial charge in [0.2, 0.25) is 5.92 Å². The zero-order valence-corrected chi connectivity index (χ0v) is 11.9. The smallest absolute Gasteiger partial charge is 0.196 e. The molecule has 0 aromatic heterocycles. The third kappa shape index (κ3) is 2.68. The number of hydrogen-bond acceptors (Lipinski definition) is 2. The van der Waals surface area contributed by atoms with Gasteiger partial charge in [0.25, 0.3) is 0 Å². The van der Waals surface area contributed by atoms with Crippen molar-refractivity contribution in [3.63, 3.8) is 0 Å². The van der Waals surface area contributed by atoms with Crippen molar-refractivity contribution in [2.45, 2.75) is 5.92 Å². The average Bonchev–Trinajstić information content (AvgIpc) is 3.07. The Morgan fingerprint density at radius 1 is 0.864 bits per heavy atom. The van der Waals surface area contributed by atoms with Crippen LogP contribution in [0.3, 0.4) is 0 Å². The SMILES string of the molecule is N#C[C](C#N)c1ccc(C2C=CC(c3ccccc3)=C2)cc1. The van der Waals surface area contributed by atoms with Gasteiger partial charge in [0, 0.05) is 5.92 Å². The zero-order valence-electron chi connectivity index (χ0n) is 11.9. The number of benzene rings is 2. The molecular weight excluding hydrogens is 268 g/mol. The highest BCUT2D eigenvalue weighted by atomic mass is 14.3. The fourth-order valence-electron chi connectivity index (χ4n) is 2.57. The molecule has 2 aromatic rings. The minimum absolute atomic E-state index is 0.147. The molecule has 0 N–H and O–H groups in total. The summed E-state index contributed by atoms with van der Waals surface area (Å²) in [6, 6.07) is 21.7. The molecule has 0 heterocycles. The van der Waals surface area contributed by atoms with Gasteiger partial charge in [0.15, 0.2) is 0 Å². The van der Waals surface area contributed by atoms with Crippen molar-refractivity contribution in [2.24, 2.45) is 0 Å². The Morgan fingerprint density at radius 3 is 2.18 bits per heavy atom. The summed E-state index contributed by atoms with van der Waals surface area (Å²) in [5, 5.41) is 17.8. The Labute approximate surface area is 130 Å². The lowest BCUT2D eigenvalue weighted by molar-refractivity contribution is 1.10. The standard InChI is InChI=1S/C20H13N2/c21-13-20(14-22)17-8-6-16(7-9-17)19-11-10-18(12-19)15-4-2-1-3-5-15/h1-12,19H. The van der Waals surface area contributed by atoms with Gasteiger partial charge >= 0.3 is 0 Å². The van der Waals surface area contributed by atoms with Crippen LogP contribution in [-0.4, -0.2) is 0 Å². The summed E-state index contributed by atoms with van der Waals surface area (Å²) in [5.74, 6) is 0.380. The molecule has 103 valence electrons. The summed E-state index contributed by atoms with van der Waals surface area (Å²) in [6.45, 7) is 0. The van der Waals surface area contributed by atoms with Crippen LogP contribution in [-0.2, 0) is 0 Å². The van der Waals surface area contributed by atoms with Crippen LogP contribution in [0.25, 0.3) is 5.57 Å². The first kappa shape index (κ1) is 13.9. The van der Waals surface area contributed by atoms with Crippen molar-refractivity contribution in [1.29, 1.82) is 10.5 Å². The molecule has 1 atom stereocenters. The summed E-state index contributed by atoms with van der Waals surface area (Å²) >= 11 is 0. The second-order valence-electron chi connectivity index (χ2n) is 5.09. The molecule has 22 heavy (non-hydrogen) atoms. The van der Waals surface area contributed by atoms with E-state index >= 15 is 0 Å². The third-order valence-electron chi connectivity index (χ3n) is 3.76. The maximum Gasteiger partial charge on any atom is 0.204 e. The van der Waals surface area contributed by atoms with Crippen LogP contribution in [0.1, 0.15) is 22.6 Å². The Balaban J connectivity index is 1.82. The van der Waals surface area contributed by atoms with Crippen molar-refractivity contribution < 1.29 is 0 Å². The number of nitrogens with zero attached hydrogens (tertiary/aromatic N) is 2. The molecule has 0 bridgehead atoms. The maximum absolute atomic E-state index is 8.89. The van der Waals surface area contributed by atoms with E-state index in [9.17, 15) is 0 Å². The molecule has 0 saturated heterocycles. The fourth-order valence-corrected chi connectivity index (χ4v) is 2.57. The predicted molar refractivity (Wildman–Crippen MR) is 86.3 cm³/mol. The van der Waals surface area contributed by atoms with Gasteiger partial charge in [0.1, 0.15) is 0 Å². The van der Waals surface area contributed by atoms with Crippen LogP contribution in [0, 0.1) is 28.6 Å². The zero-order chi connectivity index (χ0) is 15.4. The van der Waals surface area contributed by atoms with Gasteiger partial charge in [-0.05, 0) is 22.3 Å². The van der Waals surface area contributed by atoms with Crippen LogP contribution >= 0.6 is 0 Å². The number of hydrogen-bond donors (Lipinski definition) is 0. The largest absolute Gasteiger partial charge is 0.204 e. The fraction of sp³-hybridized carbons (Fsp3) is 0.0500. The molecule has 0 aliphatic heterocycles. The van der Waals surface area contributed by atoms with Gasteiger partial charge in [-0.15, -0.1) is 0 Å². The van der Waals surface area contributed by atoms with E-state index < -0.39 is 0 Å². The monoisotopic (exact) mass is 281 g/mol.